The molecule has 1 N–H and O–H groups in total. The molecule has 0 saturated carbocycles. The van der Waals surface area contributed by atoms with Crippen LogP contribution in [0.25, 0.3) is 10.2 Å². The summed E-state index contributed by atoms with van der Waals surface area (Å²) in [6, 6.07) is 6.17. The van der Waals surface area contributed by atoms with Crippen LogP contribution in [-0.2, 0) is 6.42 Å². The van der Waals surface area contributed by atoms with Gasteiger partial charge in [0.25, 0.3) is 0 Å². The van der Waals surface area contributed by atoms with Crippen LogP contribution in [0.1, 0.15) is 5.69 Å². The van der Waals surface area contributed by atoms with Gasteiger partial charge in [-0.25, -0.2) is 9.97 Å². The molecule has 0 atom stereocenters. The topological polar surface area (TPSA) is 37.8 Å². The molecule has 0 saturated heterocycles. The molecular formula is C12H10BrN3S2. The minimum atomic E-state index is 0.866. The van der Waals surface area contributed by atoms with E-state index in [0.29, 0.717) is 0 Å². The highest BCUT2D eigenvalue weighted by Crippen LogP contribution is 2.28. The van der Waals surface area contributed by atoms with E-state index < -0.39 is 0 Å². The predicted molar refractivity (Wildman–Crippen MR) is 81.6 cm³/mol. The monoisotopic (exact) mass is 339 g/mol. The summed E-state index contributed by atoms with van der Waals surface area (Å²) in [5.74, 6) is 0. The second kappa shape index (κ2) is 5.34. The van der Waals surface area contributed by atoms with Crippen molar-refractivity contribution in [3.8, 4) is 0 Å². The van der Waals surface area contributed by atoms with Crippen molar-refractivity contribution in [3.05, 3.63) is 39.3 Å². The first-order valence-corrected chi connectivity index (χ1v) is 8.03. The van der Waals surface area contributed by atoms with Crippen LogP contribution in [0.2, 0.25) is 0 Å². The van der Waals surface area contributed by atoms with Crippen molar-refractivity contribution in [1.82, 2.24) is 9.97 Å². The number of nitrogens with zero attached hydrogens (tertiary/aromatic N) is 2. The lowest BCUT2D eigenvalue weighted by Crippen LogP contribution is -2.04. The Morgan fingerprint density at radius 1 is 1.33 bits per heavy atom. The predicted octanol–water partition coefficient (Wildman–Crippen LogP) is 4.17. The summed E-state index contributed by atoms with van der Waals surface area (Å²) in [6.07, 6.45) is 0.934. The maximum atomic E-state index is 4.55. The minimum Gasteiger partial charge on any atom is -0.361 e. The molecular weight excluding hydrogens is 330 g/mol. The normalized spacial score (nSPS) is 10.9. The van der Waals surface area contributed by atoms with Gasteiger partial charge in [-0.05, 0) is 18.2 Å². The minimum absolute atomic E-state index is 0.866. The van der Waals surface area contributed by atoms with E-state index in [0.717, 1.165) is 33.8 Å². The standard InChI is InChI=1S/C12H10BrN3S2/c13-8-1-2-11-10(5-8)16-12(18-11)14-4-3-9-6-17-7-15-9/h1-2,5-7H,3-4H2,(H,14,16). The fourth-order valence-electron chi connectivity index (χ4n) is 1.63. The lowest BCUT2D eigenvalue weighted by Gasteiger charge is -1.99. The van der Waals surface area contributed by atoms with Crippen molar-refractivity contribution >= 4 is 54.0 Å². The Balaban J connectivity index is 1.67. The molecule has 3 nitrogen and oxygen atoms in total. The third-order valence-corrected chi connectivity index (χ3v) is 4.61. The number of hydrogen-bond acceptors (Lipinski definition) is 5. The quantitative estimate of drug-likeness (QED) is 0.775. The molecule has 0 aliphatic rings. The molecule has 0 unspecified atom stereocenters. The van der Waals surface area contributed by atoms with Crippen molar-refractivity contribution in [2.45, 2.75) is 6.42 Å². The van der Waals surface area contributed by atoms with E-state index >= 15 is 0 Å². The van der Waals surface area contributed by atoms with Crippen molar-refractivity contribution in [2.24, 2.45) is 0 Å². The van der Waals surface area contributed by atoms with Crippen LogP contribution >= 0.6 is 38.6 Å². The Labute approximate surface area is 121 Å². The Kier molecular flexibility index (Phi) is 3.58. The van der Waals surface area contributed by atoms with Crippen molar-refractivity contribution in [1.29, 1.82) is 0 Å². The largest absolute Gasteiger partial charge is 0.361 e. The van der Waals surface area contributed by atoms with Crippen LogP contribution in [0.3, 0.4) is 0 Å². The second-order valence-electron chi connectivity index (χ2n) is 3.79. The second-order valence-corrected chi connectivity index (χ2v) is 6.45. The highest BCUT2D eigenvalue weighted by Gasteiger charge is 2.03. The summed E-state index contributed by atoms with van der Waals surface area (Å²) in [4.78, 5) is 8.81. The SMILES string of the molecule is Brc1ccc2sc(NCCc3cscn3)nc2c1. The molecule has 0 radical (unpaired) electrons. The van der Waals surface area contributed by atoms with Gasteiger partial charge < -0.3 is 5.32 Å². The molecule has 2 heterocycles. The fraction of sp³-hybridized carbons (Fsp3) is 0.167. The summed E-state index contributed by atoms with van der Waals surface area (Å²) < 4.78 is 2.27. The maximum Gasteiger partial charge on any atom is 0.183 e. The Morgan fingerprint density at radius 2 is 2.28 bits per heavy atom. The van der Waals surface area contributed by atoms with Gasteiger partial charge in [0.15, 0.2) is 5.13 Å². The number of halogens is 1. The molecule has 0 bridgehead atoms. The summed E-state index contributed by atoms with van der Waals surface area (Å²) in [5.41, 5.74) is 4.03. The zero-order valence-electron chi connectivity index (χ0n) is 9.39. The van der Waals surface area contributed by atoms with E-state index in [1.807, 2.05) is 17.6 Å². The van der Waals surface area contributed by atoms with E-state index in [1.54, 1.807) is 22.7 Å². The van der Waals surface area contributed by atoms with E-state index in [2.05, 4.69) is 42.7 Å². The molecule has 3 aromatic rings. The van der Waals surface area contributed by atoms with E-state index in [-0.39, 0.29) is 0 Å². The average molecular weight is 340 g/mol. The summed E-state index contributed by atoms with van der Waals surface area (Å²) in [5, 5.41) is 6.40. The van der Waals surface area contributed by atoms with Gasteiger partial charge in [0, 0.05) is 22.8 Å². The van der Waals surface area contributed by atoms with Crippen molar-refractivity contribution in [2.75, 3.05) is 11.9 Å². The van der Waals surface area contributed by atoms with E-state index in [4.69, 9.17) is 0 Å². The lowest BCUT2D eigenvalue weighted by atomic mass is 10.3. The number of anilines is 1. The summed E-state index contributed by atoms with van der Waals surface area (Å²) in [6.45, 7) is 0.866. The van der Waals surface area contributed by atoms with Gasteiger partial charge >= 0.3 is 0 Å². The third kappa shape index (κ3) is 2.71. The Hall–Kier alpha value is -0.980. The first kappa shape index (κ1) is 12.1. The van der Waals surface area contributed by atoms with Crippen molar-refractivity contribution < 1.29 is 0 Å². The zero-order chi connectivity index (χ0) is 12.4. The highest BCUT2D eigenvalue weighted by atomic mass is 79.9. The Morgan fingerprint density at radius 3 is 3.11 bits per heavy atom. The van der Waals surface area contributed by atoms with Gasteiger partial charge in [-0.15, -0.1) is 11.3 Å². The summed E-state index contributed by atoms with van der Waals surface area (Å²) >= 11 is 6.77. The van der Waals surface area contributed by atoms with Gasteiger partial charge in [-0.1, -0.05) is 27.3 Å². The number of nitrogens with one attached hydrogen (secondary N) is 1. The molecule has 0 aliphatic carbocycles. The molecule has 6 heteroatoms. The molecule has 0 spiro atoms. The Bertz CT molecular complexity index is 648. The van der Waals surface area contributed by atoms with E-state index in [1.165, 1.54) is 4.70 Å². The van der Waals surface area contributed by atoms with Gasteiger partial charge in [0.05, 0.1) is 21.4 Å². The molecule has 0 amide bonds. The number of benzene rings is 1. The molecule has 0 fully saturated rings. The molecule has 18 heavy (non-hydrogen) atoms. The van der Waals surface area contributed by atoms with Crippen LogP contribution in [-0.4, -0.2) is 16.5 Å². The van der Waals surface area contributed by atoms with Crippen molar-refractivity contribution in [3.63, 3.8) is 0 Å². The number of rotatable bonds is 4. The number of fused-ring (bicyclic) bond motifs is 1. The van der Waals surface area contributed by atoms with Crippen LogP contribution in [0.15, 0.2) is 33.6 Å². The molecule has 3 rings (SSSR count). The number of hydrogen-bond donors (Lipinski definition) is 1. The lowest BCUT2D eigenvalue weighted by molar-refractivity contribution is 0.975. The zero-order valence-corrected chi connectivity index (χ0v) is 12.6. The van der Waals surface area contributed by atoms with Gasteiger partial charge in [-0.3, -0.25) is 0 Å². The first-order chi connectivity index (χ1) is 8.81. The van der Waals surface area contributed by atoms with Crippen LogP contribution < -0.4 is 5.32 Å². The maximum absolute atomic E-state index is 4.55. The molecule has 2 aromatic heterocycles. The van der Waals surface area contributed by atoms with Gasteiger partial charge in [-0.2, -0.15) is 0 Å². The van der Waals surface area contributed by atoms with Crippen LogP contribution in [0.5, 0.6) is 0 Å². The smallest absolute Gasteiger partial charge is 0.183 e. The number of aromatic nitrogens is 2. The first-order valence-electron chi connectivity index (χ1n) is 5.48. The van der Waals surface area contributed by atoms with Gasteiger partial charge in [0.2, 0.25) is 0 Å². The van der Waals surface area contributed by atoms with Crippen LogP contribution in [0, 0.1) is 0 Å². The molecule has 0 aliphatic heterocycles. The molecule has 1 aromatic carbocycles. The summed E-state index contributed by atoms with van der Waals surface area (Å²) in [7, 11) is 0. The fourth-order valence-corrected chi connectivity index (χ4v) is 3.45. The average Bonchev–Trinajstić information content (AvgIpc) is 2.97. The highest BCUT2D eigenvalue weighted by molar-refractivity contribution is 9.10. The van der Waals surface area contributed by atoms with Crippen LogP contribution in [0.4, 0.5) is 5.13 Å². The van der Waals surface area contributed by atoms with E-state index in [9.17, 15) is 0 Å². The number of thiazole rings is 2. The third-order valence-electron chi connectivity index (χ3n) is 2.49. The van der Waals surface area contributed by atoms with Gasteiger partial charge in [0.1, 0.15) is 0 Å². The molecule has 92 valence electrons.